The fourth-order valence-electron chi connectivity index (χ4n) is 1.08. The maximum absolute atomic E-state index is 10.5. The molecular formula is C8H10N2O3. The fourth-order valence-corrected chi connectivity index (χ4v) is 1.08. The topological polar surface area (TPSA) is 75.4 Å². The maximum atomic E-state index is 10.5. The van der Waals surface area contributed by atoms with Crippen LogP contribution in [0.3, 0.4) is 0 Å². The van der Waals surface area contributed by atoms with Gasteiger partial charge in [-0.2, -0.15) is 0 Å². The van der Waals surface area contributed by atoms with Gasteiger partial charge in [0.1, 0.15) is 5.75 Å². The molecule has 0 amide bonds. The molecule has 0 aromatic heterocycles. The molecule has 1 aromatic rings. The number of rotatable bonds is 3. The Labute approximate surface area is 75.2 Å². The molecule has 70 valence electrons. The first-order valence-electron chi connectivity index (χ1n) is 3.76. The Balaban J connectivity index is 3.10. The molecule has 0 heterocycles. The Morgan fingerprint density at radius 1 is 1.62 bits per heavy atom. The quantitative estimate of drug-likeness (QED) is 0.540. The molecular weight excluding hydrogens is 172 g/mol. The second-order valence-electron chi connectivity index (χ2n) is 2.60. The Hall–Kier alpha value is -1.62. The van der Waals surface area contributed by atoms with Gasteiger partial charge in [-0.3, -0.25) is 10.1 Å². The van der Waals surface area contributed by atoms with Crippen LogP contribution >= 0.6 is 0 Å². The lowest BCUT2D eigenvalue weighted by atomic mass is 10.1. The Morgan fingerprint density at radius 2 is 2.31 bits per heavy atom. The molecule has 5 nitrogen and oxygen atoms in total. The molecule has 0 saturated carbocycles. The summed E-state index contributed by atoms with van der Waals surface area (Å²) in [6.07, 6.45) is 0. The van der Waals surface area contributed by atoms with Gasteiger partial charge in [-0.05, 0) is 19.2 Å². The average molecular weight is 182 g/mol. The molecule has 0 saturated heterocycles. The van der Waals surface area contributed by atoms with Gasteiger partial charge in [-0.15, -0.1) is 0 Å². The summed E-state index contributed by atoms with van der Waals surface area (Å²) >= 11 is 0. The highest BCUT2D eigenvalue weighted by Crippen LogP contribution is 2.22. The van der Waals surface area contributed by atoms with E-state index in [4.69, 9.17) is 5.11 Å². The van der Waals surface area contributed by atoms with E-state index in [1.54, 1.807) is 7.05 Å². The number of hydrogen-bond acceptors (Lipinski definition) is 4. The van der Waals surface area contributed by atoms with Crippen LogP contribution in [0.25, 0.3) is 0 Å². The lowest BCUT2D eigenvalue weighted by Gasteiger charge is -2.01. The largest absolute Gasteiger partial charge is 0.508 e. The van der Waals surface area contributed by atoms with E-state index in [0.29, 0.717) is 12.1 Å². The molecule has 1 rings (SSSR count). The van der Waals surface area contributed by atoms with Crippen molar-refractivity contribution in [2.24, 2.45) is 0 Å². The first kappa shape index (κ1) is 9.47. The number of nitrogens with one attached hydrogen (secondary N) is 1. The van der Waals surface area contributed by atoms with Gasteiger partial charge in [0.25, 0.3) is 5.69 Å². The summed E-state index contributed by atoms with van der Waals surface area (Å²) in [6, 6.07) is 3.98. The molecule has 0 radical (unpaired) electrons. The van der Waals surface area contributed by atoms with Crippen LogP contribution in [-0.4, -0.2) is 17.1 Å². The van der Waals surface area contributed by atoms with Gasteiger partial charge in [0.2, 0.25) is 0 Å². The molecule has 0 fully saturated rings. The SMILES string of the molecule is CNCc1cc(O)ccc1[N+](=O)[O-]. The number of phenolic OH excluding ortho intramolecular Hbond substituents is 1. The molecule has 13 heavy (non-hydrogen) atoms. The zero-order valence-corrected chi connectivity index (χ0v) is 7.15. The number of nitrogens with zero attached hydrogens (tertiary/aromatic N) is 1. The Kier molecular flexibility index (Phi) is 2.81. The van der Waals surface area contributed by atoms with Crippen molar-refractivity contribution in [3.63, 3.8) is 0 Å². The molecule has 0 aliphatic rings. The predicted octanol–water partition coefficient (Wildman–Crippen LogP) is 1.02. The Bertz CT molecular complexity index is 325. The number of benzene rings is 1. The lowest BCUT2D eigenvalue weighted by molar-refractivity contribution is -0.385. The van der Waals surface area contributed by atoms with E-state index in [9.17, 15) is 10.1 Å². The summed E-state index contributed by atoms with van der Waals surface area (Å²) in [5.74, 6) is 0.0378. The maximum Gasteiger partial charge on any atom is 0.274 e. The summed E-state index contributed by atoms with van der Waals surface area (Å²) in [4.78, 5) is 10.0. The second kappa shape index (κ2) is 3.86. The van der Waals surface area contributed by atoms with Gasteiger partial charge < -0.3 is 10.4 Å². The van der Waals surface area contributed by atoms with E-state index in [-0.39, 0.29) is 11.4 Å². The highest BCUT2D eigenvalue weighted by molar-refractivity contribution is 5.44. The number of phenols is 1. The highest BCUT2D eigenvalue weighted by atomic mass is 16.6. The van der Waals surface area contributed by atoms with E-state index >= 15 is 0 Å². The summed E-state index contributed by atoms with van der Waals surface area (Å²) in [6.45, 7) is 0.366. The van der Waals surface area contributed by atoms with Gasteiger partial charge in [0, 0.05) is 18.2 Å². The first-order valence-corrected chi connectivity index (χ1v) is 3.76. The summed E-state index contributed by atoms with van der Waals surface area (Å²) in [5.41, 5.74) is 0.500. The number of nitro groups is 1. The molecule has 0 aliphatic heterocycles. The number of hydrogen-bond donors (Lipinski definition) is 2. The van der Waals surface area contributed by atoms with Crippen molar-refractivity contribution in [3.05, 3.63) is 33.9 Å². The molecule has 0 bridgehead atoms. The van der Waals surface area contributed by atoms with E-state index in [1.807, 2.05) is 0 Å². The minimum absolute atomic E-state index is 0.0205. The van der Waals surface area contributed by atoms with Crippen LogP contribution in [0.4, 0.5) is 5.69 Å². The molecule has 0 aliphatic carbocycles. The third-order valence-electron chi connectivity index (χ3n) is 1.63. The molecule has 1 aromatic carbocycles. The van der Waals surface area contributed by atoms with Crippen LogP contribution in [0.2, 0.25) is 0 Å². The minimum atomic E-state index is -0.466. The molecule has 0 unspecified atom stereocenters. The zero-order valence-electron chi connectivity index (χ0n) is 7.15. The highest BCUT2D eigenvalue weighted by Gasteiger charge is 2.12. The van der Waals surface area contributed by atoms with Crippen LogP contribution in [0, 0.1) is 10.1 Å². The molecule has 0 spiro atoms. The van der Waals surface area contributed by atoms with Crippen LogP contribution in [0.1, 0.15) is 5.56 Å². The van der Waals surface area contributed by atoms with E-state index in [2.05, 4.69) is 5.32 Å². The van der Waals surface area contributed by atoms with Crippen LogP contribution < -0.4 is 5.32 Å². The smallest absolute Gasteiger partial charge is 0.274 e. The normalized spacial score (nSPS) is 9.92. The Morgan fingerprint density at radius 3 is 2.85 bits per heavy atom. The van der Waals surface area contributed by atoms with Crippen molar-refractivity contribution in [1.29, 1.82) is 0 Å². The molecule has 2 N–H and O–H groups in total. The fraction of sp³-hybridized carbons (Fsp3) is 0.250. The van der Waals surface area contributed by atoms with Gasteiger partial charge in [-0.1, -0.05) is 0 Å². The van der Waals surface area contributed by atoms with Gasteiger partial charge in [0.15, 0.2) is 0 Å². The predicted molar refractivity (Wildman–Crippen MR) is 47.5 cm³/mol. The monoisotopic (exact) mass is 182 g/mol. The summed E-state index contributed by atoms with van der Waals surface area (Å²) in [7, 11) is 1.69. The van der Waals surface area contributed by atoms with Crippen LogP contribution in [0.5, 0.6) is 5.75 Å². The van der Waals surface area contributed by atoms with Crippen molar-refractivity contribution in [1.82, 2.24) is 5.32 Å². The third kappa shape index (κ3) is 2.16. The van der Waals surface area contributed by atoms with E-state index in [0.717, 1.165) is 0 Å². The van der Waals surface area contributed by atoms with Crippen molar-refractivity contribution in [2.75, 3.05) is 7.05 Å². The van der Waals surface area contributed by atoms with Gasteiger partial charge in [0.05, 0.1) is 4.92 Å². The van der Waals surface area contributed by atoms with Crippen LogP contribution in [-0.2, 0) is 6.54 Å². The minimum Gasteiger partial charge on any atom is -0.508 e. The van der Waals surface area contributed by atoms with Gasteiger partial charge in [-0.25, -0.2) is 0 Å². The summed E-state index contributed by atoms with van der Waals surface area (Å²) < 4.78 is 0. The standard InChI is InChI=1S/C8H10N2O3/c1-9-5-6-4-7(11)2-3-8(6)10(12)13/h2-4,9,11H,5H2,1H3. The van der Waals surface area contributed by atoms with Gasteiger partial charge >= 0.3 is 0 Å². The average Bonchev–Trinajstić information content (AvgIpc) is 2.04. The lowest BCUT2D eigenvalue weighted by Crippen LogP contribution is -2.07. The third-order valence-corrected chi connectivity index (χ3v) is 1.63. The number of aromatic hydroxyl groups is 1. The number of nitro benzene ring substituents is 1. The van der Waals surface area contributed by atoms with Crippen molar-refractivity contribution >= 4 is 5.69 Å². The van der Waals surface area contributed by atoms with Crippen molar-refractivity contribution < 1.29 is 10.0 Å². The van der Waals surface area contributed by atoms with Crippen molar-refractivity contribution in [3.8, 4) is 5.75 Å². The molecule has 0 atom stereocenters. The van der Waals surface area contributed by atoms with Crippen molar-refractivity contribution in [2.45, 2.75) is 6.54 Å². The van der Waals surface area contributed by atoms with Crippen LogP contribution in [0.15, 0.2) is 18.2 Å². The summed E-state index contributed by atoms with van der Waals surface area (Å²) in [5, 5.41) is 22.4. The van der Waals surface area contributed by atoms with E-state index < -0.39 is 4.92 Å². The first-order chi connectivity index (χ1) is 6.15. The van der Waals surface area contributed by atoms with E-state index in [1.165, 1.54) is 18.2 Å². The second-order valence-corrected chi connectivity index (χ2v) is 2.60. The molecule has 5 heteroatoms. The zero-order chi connectivity index (χ0) is 9.84.